The quantitative estimate of drug-likeness (QED) is 0.813. The highest BCUT2D eigenvalue weighted by atomic mass is 16.7. The lowest BCUT2D eigenvalue weighted by atomic mass is 10.1. The van der Waals surface area contributed by atoms with E-state index in [2.05, 4.69) is 5.32 Å². The van der Waals surface area contributed by atoms with Gasteiger partial charge in [-0.25, -0.2) is 0 Å². The van der Waals surface area contributed by atoms with E-state index in [1.54, 1.807) is 14.2 Å². The summed E-state index contributed by atoms with van der Waals surface area (Å²) in [4.78, 5) is 12.0. The third kappa shape index (κ3) is 3.18. The van der Waals surface area contributed by atoms with Crippen LogP contribution in [0.2, 0.25) is 0 Å². The van der Waals surface area contributed by atoms with Crippen molar-refractivity contribution in [1.82, 2.24) is 9.88 Å². The molecule has 1 amide bonds. The monoisotopic (exact) mass is 276 g/mol. The first kappa shape index (κ1) is 14.6. The summed E-state index contributed by atoms with van der Waals surface area (Å²) < 4.78 is 12.1. The lowest BCUT2D eigenvalue weighted by molar-refractivity contribution is -0.126. The number of aryl methyl sites for hydroxylation is 1. The summed E-state index contributed by atoms with van der Waals surface area (Å²) in [7, 11) is 5.08. The zero-order valence-electron chi connectivity index (χ0n) is 12.1. The summed E-state index contributed by atoms with van der Waals surface area (Å²) in [6.45, 7) is 0.344. The van der Waals surface area contributed by atoms with Crippen LogP contribution in [0, 0.1) is 0 Å². The van der Waals surface area contributed by atoms with Crippen molar-refractivity contribution in [2.75, 3.05) is 20.8 Å². The summed E-state index contributed by atoms with van der Waals surface area (Å²) in [5.41, 5.74) is 2.15. The fourth-order valence-corrected chi connectivity index (χ4v) is 2.26. The number of rotatable bonds is 6. The number of hydrogen-bond acceptors (Lipinski definition) is 3. The number of amides is 1. The molecule has 0 saturated carbocycles. The largest absolute Gasteiger partial charge is 0.354 e. The number of para-hydroxylation sites is 1. The first-order chi connectivity index (χ1) is 9.65. The first-order valence-corrected chi connectivity index (χ1v) is 6.51. The van der Waals surface area contributed by atoms with Crippen molar-refractivity contribution >= 4 is 16.8 Å². The van der Waals surface area contributed by atoms with Crippen LogP contribution < -0.4 is 5.32 Å². The molecule has 5 nitrogen and oxygen atoms in total. The van der Waals surface area contributed by atoms with Gasteiger partial charge in [0.15, 0.2) is 6.29 Å². The van der Waals surface area contributed by atoms with Gasteiger partial charge in [-0.15, -0.1) is 0 Å². The van der Waals surface area contributed by atoms with Gasteiger partial charge >= 0.3 is 0 Å². The average molecular weight is 276 g/mol. The van der Waals surface area contributed by atoms with Crippen LogP contribution in [-0.4, -0.2) is 37.5 Å². The van der Waals surface area contributed by atoms with Crippen molar-refractivity contribution in [2.45, 2.75) is 12.7 Å². The van der Waals surface area contributed by atoms with Crippen molar-refractivity contribution in [2.24, 2.45) is 7.05 Å². The average Bonchev–Trinajstić information content (AvgIpc) is 2.77. The maximum atomic E-state index is 12.0. The highest BCUT2D eigenvalue weighted by Gasteiger charge is 2.12. The summed E-state index contributed by atoms with van der Waals surface area (Å²) in [6.07, 6.45) is 1.93. The molecule has 0 unspecified atom stereocenters. The maximum Gasteiger partial charge on any atom is 0.224 e. The molecule has 1 aromatic heterocycles. The molecule has 0 bridgehead atoms. The number of fused-ring (bicyclic) bond motifs is 1. The van der Waals surface area contributed by atoms with E-state index < -0.39 is 6.29 Å². The van der Waals surface area contributed by atoms with Crippen molar-refractivity contribution in [3.63, 3.8) is 0 Å². The summed E-state index contributed by atoms with van der Waals surface area (Å²) in [5.74, 6) is -0.0412. The normalized spacial score (nSPS) is 11.2. The predicted molar refractivity (Wildman–Crippen MR) is 77.4 cm³/mol. The van der Waals surface area contributed by atoms with Gasteiger partial charge in [-0.05, 0) is 11.6 Å². The molecule has 1 aromatic carbocycles. The van der Waals surface area contributed by atoms with Crippen LogP contribution in [0.4, 0.5) is 0 Å². The SMILES string of the molecule is COC(CNC(=O)Cc1cn(C)c2ccccc12)OC. The molecule has 2 rings (SSSR count). The van der Waals surface area contributed by atoms with E-state index >= 15 is 0 Å². The summed E-state index contributed by atoms with van der Waals surface area (Å²) in [5, 5.41) is 3.92. The highest BCUT2D eigenvalue weighted by molar-refractivity contribution is 5.89. The lowest BCUT2D eigenvalue weighted by Crippen LogP contribution is -2.34. The van der Waals surface area contributed by atoms with Gasteiger partial charge in [0.1, 0.15) is 0 Å². The van der Waals surface area contributed by atoms with Crippen molar-refractivity contribution in [1.29, 1.82) is 0 Å². The molecule has 0 radical (unpaired) electrons. The van der Waals surface area contributed by atoms with Gasteiger partial charge in [0.2, 0.25) is 5.91 Å². The Balaban J connectivity index is 2.03. The molecule has 0 aliphatic carbocycles. The number of nitrogens with zero attached hydrogens (tertiary/aromatic N) is 1. The van der Waals surface area contributed by atoms with Crippen LogP contribution in [0.3, 0.4) is 0 Å². The molecule has 0 spiro atoms. The number of methoxy groups -OCH3 is 2. The Kier molecular flexibility index (Phi) is 4.76. The van der Waals surface area contributed by atoms with E-state index in [9.17, 15) is 4.79 Å². The van der Waals surface area contributed by atoms with E-state index in [1.165, 1.54) is 0 Å². The topological polar surface area (TPSA) is 52.5 Å². The predicted octanol–water partition coefficient (Wildman–Crippen LogP) is 1.46. The minimum Gasteiger partial charge on any atom is -0.354 e. The Labute approximate surface area is 118 Å². The Hall–Kier alpha value is -1.85. The molecule has 1 heterocycles. The Bertz CT molecular complexity index is 588. The van der Waals surface area contributed by atoms with E-state index in [4.69, 9.17) is 9.47 Å². The molecule has 0 atom stereocenters. The number of hydrogen-bond donors (Lipinski definition) is 1. The fourth-order valence-electron chi connectivity index (χ4n) is 2.26. The van der Waals surface area contributed by atoms with Gasteiger partial charge in [0.05, 0.1) is 13.0 Å². The van der Waals surface area contributed by atoms with Gasteiger partial charge in [0.25, 0.3) is 0 Å². The number of benzene rings is 1. The molecular weight excluding hydrogens is 256 g/mol. The summed E-state index contributed by atoms with van der Waals surface area (Å²) in [6, 6.07) is 8.05. The molecule has 0 aliphatic rings. The van der Waals surface area contributed by atoms with Gasteiger partial charge in [-0.2, -0.15) is 0 Å². The lowest BCUT2D eigenvalue weighted by Gasteiger charge is -2.13. The van der Waals surface area contributed by atoms with E-state index in [-0.39, 0.29) is 5.91 Å². The minimum absolute atomic E-state index is 0.0412. The molecule has 2 aromatic rings. The Morgan fingerprint density at radius 2 is 2.00 bits per heavy atom. The second-order valence-electron chi connectivity index (χ2n) is 4.66. The van der Waals surface area contributed by atoms with Crippen LogP contribution >= 0.6 is 0 Å². The smallest absolute Gasteiger partial charge is 0.224 e. The Morgan fingerprint density at radius 3 is 2.70 bits per heavy atom. The van der Waals surface area contributed by atoms with Crippen LogP contribution in [-0.2, 0) is 27.7 Å². The second kappa shape index (κ2) is 6.54. The number of nitrogens with one attached hydrogen (secondary N) is 1. The molecule has 0 fully saturated rings. The molecular formula is C15H20N2O3. The molecule has 20 heavy (non-hydrogen) atoms. The second-order valence-corrected chi connectivity index (χ2v) is 4.66. The van der Waals surface area contributed by atoms with Crippen molar-refractivity contribution < 1.29 is 14.3 Å². The summed E-state index contributed by atoms with van der Waals surface area (Å²) >= 11 is 0. The zero-order valence-corrected chi connectivity index (χ0v) is 12.1. The maximum absolute atomic E-state index is 12.0. The third-order valence-corrected chi connectivity index (χ3v) is 3.32. The van der Waals surface area contributed by atoms with Crippen molar-refractivity contribution in [3.05, 3.63) is 36.0 Å². The fraction of sp³-hybridized carbons (Fsp3) is 0.400. The number of carbonyl (C=O) groups is 1. The molecule has 0 aliphatic heterocycles. The van der Waals surface area contributed by atoms with Gasteiger partial charge < -0.3 is 19.4 Å². The van der Waals surface area contributed by atoms with Gasteiger partial charge in [-0.1, -0.05) is 18.2 Å². The van der Waals surface area contributed by atoms with Crippen LogP contribution in [0.15, 0.2) is 30.5 Å². The minimum atomic E-state index is -0.411. The van der Waals surface area contributed by atoms with E-state index in [0.717, 1.165) is 16.5 Å². The van der Waals surface area contributed by atoms with E-state index in [1.807, 2.05) is 42.1 Å². The molecule has 0 saturated heterocycles. The van der Waals surface area contributed by atoms with Crippen LogP contribution in [0.25, 0.3) is 10.9 Å². The van der Waals surface area contributed by atoms with E-state index in [0.29, 0.717) is 13.0 Å². The number of carbonyl (C=O) groups excluding carboxylic acids is 1. The highest BCUT2D eigenvalue weighted by Crippen LogP contribution is 2.20. The molecule has 108 valence electrons. The van der Waals surface area contributed by atoms with Crippen LogP contribution in [0.5, 0.6) is 0 Å². The third-order valence-electron chi connectivity index (χ3n) is 3.32. The molecule has 5 heteroatoms. The van der Waals surface area contributed by atoms with Gasteiger partial charge in [-0.3, -0.25) is 4.79 Å². The van der Waals surface area contributed by atoms with Gasteiger partial charge in [0, 0.05) is 38.4 Å². The zero-order chi connectivity index (χ0) is 14.5. The van der Waals surface area contributed by atoms with Crippen LogP contribution in [0.1, 0.15) is 5.56 Å². The number of ether oxygens (including phenoxy) is 2. The number of aromatic nitrogens is 1. The molecule has 1 N–H and O–H groups in total. The van der Waals surface area contributed by atoms with Crippen molar-refractivity contribution in [3.8, 4) is 0 Å². The standard InChI is InChI=1S/C15H20N2O3/c1-17-10-11(12-6-4-5-7-13(12)17)8-14(18)16-9-15(19-2)20-3/h4-7,10,15H,8-9H2,1-3H3,(H,16,18). The first-order valence-electron chi connectivity index (χ1n) is 6.51. The Morgan fingerprint density at radius 1 is 1.30 bits per heavy atom.